The Morgan fingerprint density at radius 1 is 1.10 bits per heavy atom. The molecule has 1 heterocycles. The Bertz CT molecular complexity index is 989. The molecular formula is C20H21F3N2O3S. The van der Waals surface area contributed by atoms with E-state index >= 15 is 0 Å². The Kier molecular flexibility index (Phi) is 6.00. The molecule has 2 aromatic carbocycles. The van der Waals surface area contributed by atoms with Crippen LogP contribution >= 0.6 is 0 Å². The number of amides is 1. The highest BCUT2D eigenvalue weighted by Crippen LogP contribution is 2.31. The van der Waals surface area contributed by atoms with E-state index in [1.807, 2.05) is 6.92 Å². The lowest BCUT2D eigenvalue weighted by Crippen LogP contribution is -2.41. The third-order valence-corrected chi connectivity index (χ3v) is 6.94. The van der Waals surface area contributed by atoms with E-state index in [2.05, 4.69) is 5.32 Å². The Morgan fingerprint density at radius 2 is 1.79 bits per heavy atom. The molecule has 1 saturated heterocycles. The van der Waals surface area contributed by atoms with Gasteiger partial charge in [-0.3, -0.25) is 4.79 Å². The molecule has 1 amide bonds. The standard InChI is InChI=1S/C20H21F3N2O3S/c1-14-5-2-3-12-25(14)29(27,28)18-10-8-15(9-11-18)19(26)24-17-7-4-6-16(13-17)20(21,22)23/h4,6-11,13-14H,2-3,5,12H2,1H3,(H,24,26)/t14-/m0/s1. The van der Waals surface area contributed by atoms with Crippen molar-refractivity contribution < 1.29 is 26.4 Å². The molecule has 0 aromatic heterocycles. The smallest absolute Gasteiger partial charge is 0.322 e. The third-order valence-electron chi connectivity index (χ3n) is 4.91. The minimum Gasteiger partial charge on any atom is -0.322 e. The van der Waals surface area contributed by atoms with Crippen molar-refractivity contribution in [2.24, 2.45) is 0 Å². The van der Waals surface area contributed by atoms with Crippen LogP contribution in [0.3, 0.4) is 0 Å². The van der Waals surface area contributed by atoms with Crippen LogP contribution in [0.25, 0.3) is 0 Å². The van der Waals surface area contributed by atoms with Gasteiger partial charge in [-0.1, -0.05) is 12.5 Å². The molecule has 2 aromatic rings. The Hall–Kier alpha value is -2.39. The van der Waals surface area contributed by atoms with Crippen molar-refractivity contribution >= 4 is 21.6 Å². The van der Waals surface area contributed by atoms with Gasteiger partial charge in [-0.25, -0.2) is 8.42 Å². The minimum absolute atomic E-state index is 0.00339. The van der Waals surface area contributed by atoms with Crippen molar-refractivity contribution in [1.29, 1.82) is 0 Å². The van der Waals surface area contributed by atoms with E-state index in [-0.39, 0.29) is 22.2 Å². The zero-order valence-corrected chi connectivity index (χ0v) is 16.6. The molecule has 1 aliphatic heterocycles. The summed E-state index contributed by atoms with van der Waals surface area (Å²) in [6.07, 6.45) is -1.91. The fourth-order valence-corrected chi connectivity index (χ4v) is 5.02. The second-order valence-corrected chi connectivity index (χ2v) is 8.91. The van der Waals surface area contributed by atoms with Crippen LogP contribution in [-0.2, 0) is 16.2 Å². The molecule has 9 heteroatoms. The molecule has 0 spiro atoms. The molecular weight excluding hydrogens is 405 g/mol. The first-order chi connectivity index (χ1) is 13.6. The number of hydrogen-bond donors (Lipinski definition) is 1. The molecule has 156 valence electrons. The highest BCUT2D eigenvalue weighted by Gasteiger charge is 2.31. The summed E-state index contributed by atoms with van der Waals surface area (Å²) in [5.41, 5.74) is -0.718. The number of halogens is 3. The van der Waals surface area contributed by atoms with Crippen LogP contribution in [0.2, 0.25) is 0 Å². The van der Waals surface area contributed by atoms with Gasteiger partial charge in [-0.05, 0) is 62.2 Å². The number of hydrogen-bond acceptors (Lipinski definition) is 3. The predicted molar refractivity (Wildman–Crippen MR) is 103 cm³/mol. The summed E-state index contributed by atoms with van der Waals surface area (Å²) < 4.78 is 65.5. The van der Waals surface area contributed by atoms with Gasteiger partial charge in [0.1, 0.15) is 0 Å². The number of sulfonamides is 1. The van der Waals surface area contributed by atoms with Gasteiger partial charge in [-0.2, -0.15) is 17.5 Å². The molecule has 0 radical (unpaired) electrons. The van der Waals surface area contributed by atoms with Gasteiger partial charge >= 0.3 is 6.18 Å². The summed E-state index contributed by atoms with van der Waals surface area (Å²) in [5, 5.41) is 2.40. The third kappa shape index (κ3) is 4.79. The summed E-state index contributed by atoms with van der Waals surface area (Å²) in [7, 11) is -3.66. The highest BCUT2D eigenvalue weighted by molar-refractivity contribution is 7.89. The van der Waals surface area contributed by atoms with Crippen LogP contribution in [-0.4, -0.2) is 31.2 Å². The monoisotopic (exact) mass is 426 g/mol. The topological polar surface area (TPSA) is 66.5 Å². The van der Waals surface area contributed by atoms with E-state index in [1.54, 1.807) is 0 Å². The second-order valence-electron chi connectivity index (χ2n) is 7.02. The number of rotatable bonds is 4. The van der Waals surface area contributed by atoms with E-state index in [4.69, 9.17) is 0 Å². The normalized spacial score (nSPS) is 18.4. The Balaban J connectivity index is 1.75. The van der Waals surface area contributed by atoms with E-state index < -0.39 is 27.7 Å². The van der Waals surface area contributed by atoms with Crippen molar-refractivity contribution in [2.45, 2.75) is 43.3 Å². The average molecular weight is 426 g/mol. The summed E-state index contributed by atoms with van der Waals surface area (Å²) >= 11 is 0. The van der Waals surface area contributed by atoms with Gasteiger partial charge in [0.05, 0.1) is 10.5 Å². The van der Waals surface area contributed by atoms with Crippen LogP contribution in [0.15, 0.2) is 53.4 Å². The maximum Gasteiger partial charge on any atom is 0.416 e. The first-order valence-corrected chi connectivity index (χ1v) is 10.6. The van der Waals surface area contributed by atoms with E-state index in [0.29, 0.717) is 6.54 Å². The fraction of sp³-hybridized carbons (Fsp3) is 0.350. The largest absolute Gasteiger partial charge is 0.416 e. The number of carbonyl (C=O) groups is 1. The quantitative estimate of drug-likeness (QED) is 0.782. The number of carbonyl (C=O) groups excluding carboxylic acids is 1. The zero-order valence-electron chi connectivity index (χ0n) is 15.7. The summed E-state index contributed by atoms with van der Waals surface area (Å²) in [4.78, 5) is 12.4. The Labute approximate surface area is 167 Å². The van der Waals surface area contributed by atoms with Crippen molar-refractivity contribution in [3.8, 4) is 0 Å². The number of piperidine rings is 1. The summed E-state index contributed by atoms with van der Waals surface area (Å²) in [6.45, 7) is 2.33. The van der Waals surface area contributed by atoms with Gasteiger partial charge in [0.25, 0.3) is 5.91 Å². The lowest BCUT2D eigenvalue weighted by molar-refractivity contribution is -0.137. The molecule has 3 rings (SSSR count). The van der Waals surface area contributed by atoms with Crippen molar-refractivity contribution in [3.05, 3.63) is 59.7 Å². The van der Waals surface area contributed by atoms with Gasteiger partial charge in [0.2, 0.25) is 10.0 Å². The van der Waals surface area contributed by atoms with Crippen molar-refractivity contribution in [1.82, 2.24) is 4.31 Å². The molecule has 1 fully saturated rings. The lowest BCUT2D eigenvalue weighted by atomic mass is 10.1. The van der Waals surface area contributed by atoms with Crippen LogP contribution in [0.4, 0.5) is 18.9 Å². The molecule has 0 bridgehead atoms. The number of benzene rings is 2. The van der Waals surface area contributed by atoms with E-state index in [9.17, 15) is 26.4 Å². The number of nitrogens with zero attached hydrogens (tertiary/aromatic N) is 1. The number of anilines is 1. The Morgan fingerprint density at radius 3 is 2.41 bits per heavy atom. The molecule has 1 atom stereocenters. The second kappa shape index (κ2) is 8.16. The van der Waals surface area contributed by atoms with E-state index in [1.165, 1.54) is 40.7 Å². The minimum atomic E-state index is -4.51. The molecule has 5 nitrogen and oxygen atoms in total. The van der Waals surface area contributed by atoms with Crippen molar-refractivity contribution in [3.63, 3.8) is 0 Å². The number of nitrogens with one attached hydrogen (secondary N) is 1. The summed E-state index contributed by atoms with van der Waals surface area (Å²) in [5.74, 6) is -0.625. The first kappa shape index (κ1) is 21.3. The van der Waals surface area contributed by atoms with Crippen LogP contribution in [0.1, 0.15) is 42.1 Å². The zero-order chi connectivity index (χ0) is 21.2. The lowest BCUT2D eigenvalue weighted by Gasteiger charge is -2.32. The van der Waals surface area contributed by atoms with Crippen LogP contribution in [0.5, 0.6) is 0 Å². The van der Waals surface area contributed by atoms with E-state index in [0.717, 1.165) is 31.4 Å². The first-order valence-electron chi connectivity index (χ1n) is 9.19. The molecule has 0 aliphatic carbocycles. The molecule has 29 heavy (non-hydrogen) atoms. The van der Waals surface area contributed by atoms with Gasteiger partial charge in [0, 0.05) is 23.8 Å². The summed E-state index contributed by atoms with van der Waals surface area (Å²) in [6, 6.07) is 9.62. The van der Waals surface area contributed by atoms with Crippen LogP contribution in [0, 0.1) is 0 Å². The predicted octanol–water partition coefficient (Wildman–Crippen LogP) is 4.52. The van der Waals surface area contributed by atoms with Crippen molar-refractivity contribution in [2.75, 3.05) is 11.9 Å². The maximum absolute atomic E-state index is 12.8. The number of alkyl halides is 3. The fourth-order valence-electron chi connectivity index (χ4n) is 3.32. The molecule has 1 aliphatic rings. The molecule has 0 saturated carbocycles. The highest BCUT2D eigenvalue weighted by atomic mass is 32.2. The molecule has 1 N–H and O–H groups in total. The van der Waals surface area contributed by atoms with Gasteiger partial charge < -0.3 is 5.32 Å². The molecule has 0 unspecified atom stereocenters. The maximum atomic E-state index is 12.8. The van der Waals surface area contributed by atoms with Crippen LogP contribution < -0.4 is 5.32 Å². The van der Waals surface area contributed by atoms with Gasteiger partial charge in [-0.15, -0.1) is 0 Å². The van der Waals surface area contributed by atoms with Gasteiger partial charge in [0.15, 0.2) is 0 Å². The SMILES string of the molecule is C[C@H]1CCCCN1S(=O)(=O)c1ccc(C(=O)Nc2cccc(C(F)(F)F)c2)cc1. The average Bonchev–Trinajstić information content (AvgIpc) is 2.68.